The maximum absolute atomic E-state index is 12.3. The van der Waals surface area contributed by atoms with E-state index in [0.717, 1.165) is 10.4 Å². The molecule has 0 aliphatic heterocycles. The van der Waals surface area contributed by atoms with Crippen LogP contribution in [0.4, 0.5) is 5.69 Å². The Morgan fingerprint density at radius 1 is 1.45 bits per heavy atom. The van der Waals surface area contributed by atoms with Gasteiger partial charge >= 0.3 is 5.69 Å². The fourth-order valence-corrected chi connectivity index (χ4v) is 2.86. The second-order valence-corrected chi connectivity index (χ2v) is 5.67. The lowest BCUT2D eigenvalue weighted by Gasteiger charge is -2.03. The van der Waals surface area contributed by atoms with E-state index in [-0.39, 0.29) is 12.3 Å². The molecule has 0 spiro atoms. The first-order chi connectivity index (χ1) is 9.56. The van der Waals surface area contributed by atoms with Crippen molar-refractivity contribution in [1.29, 1.82) is 0 Å². The molecule has 0 atom stereocenters. The van der Waals surface area contributed by atoms with Crippen molar-refractivity contribution in [3.63, 3.8) is 0 Å². The molecular formula is C14H13N3O2S. The lowest BCUT2D eigenvalue weighted by molar-refractivity contribution is 0.0916. The number of H-pyrrole nitrogens is 1. The van der Waals surface area contributed by atoms with Crippen LogP contribution in [0.3, 0.4) is 0 Å². The summed E-state index contributed by atoms with van der Waals surface area (Å²) in [6.07, 6.45) is 0.216. The van der Waals surface area contributed by atoms with Gasteiger partial charge in [-0.3, -0.25) is 4.79 Å². The van der Waals surface area contributed by atoms with Crippen molar-refractivity contribution in [3.05, 3.63) is 50.6 Å². The number of nitrogens with one attached hydrogen (secondary N) is 1. The molecule has 0 bridgehead atoms. The van der Waals surface area contributed by atoms with Crippen LogP contribution in [0.15, 0.2) is 34.4 Å². The molecule has 102 valence electrons. The summed E-state index contributed by atoms with van der Waals surface area (Å²) in [5.74, 6) is -0.243. The molecule has 6 heteroatoms. The van der Waals surface area contributed by atoms with Gasteiger partial charge in [-0.05, 0) is 36.1 Å². The highest BCUT2D eigenvalue weighted by Crippen LogP contribution is 2.19. The number of imidazole rings is 1. The highest BCUT2D eigenvalue weighted by molar-refractivity contribution is 7.10. The normalized spacial score (nSPS) is 11.1. The van der Waals surface area contributed by atoms with Crippen LogP contribution in [0, 0.1) is 6.92 Å². The molecule has 5 nitrogen and oxygen atoms in total. The smallest absolute Gasteiger partial charge is 0.333 e. The molecule has 0 saturated heterocycles. The second kappa shape index (κ2) is 4.64. The monoisotopic (exact) mass is 287 g/mol. The Morgan fingerprint density at radius 3 is 2.95 bits per heavy atom. The van der Waals surface area contributed by atoms with E-state index in [1.54, 1.807) is 12.1 Å². The average molecular weight is 287 g/mol. The Kier molecular flexibility index (Phi) is 2.94. The van der Waals surface area contributed by atoms with Crippen LogP contribution in [-0.2, 0) is 6.42 Å². The Balaban J connectivity index is 2.11. The number of aromatic nitrogens is 2. The molecule has 0 aliphatic rings. The van der Waals surface area contributed by atoms with E-state index in [0.29, 0.717) is 16.7 Å². The summed E-state index contributed by atoms with van der Waals surface area (Å²) in [4.78, 5) is 27.9. The number of carbonyl (C=O) groups is 1. The molecule has 1 aromatic carbocycles. The summed E-state index contributed by atoms with van der Waals surface area (Å²) in [7, 11) is 0. The molecule has 0 unspecified atom stereocenters. The number of hydrogen-bond acceptors (Lipinski definition) is 4. The molecule has 0 aliphatic carbocycles. The van der Waals surface area contributed by atoms with Gasteiger partial charge < -0.3 is 10.7 Å². The molecule has 3 N–H and O–H groups in total. The molecule has 3 rings (SSSR count). The number of rotatable bonds is 2. The third-order valence-electron chi connectivity index (χ3n) is 3.22. The van der Waals surface area contributed by atoms with Gasteiger partial charge in [-0.1, -0.05) is 6.07 Å². The van der Waals surface area contributed by atoms with Gasteiger partial charge in [0.15, 0.2) is 0 Å². The van der Waals surface area contributed by atoms with Crippen molar-refractivity contribution < 1.29 is 4.79 Å². The minimum absolute atomic E-state index is 0.216. The third-order valence-corrected chi connectivity index (χ3v) is 4.10. The number of carbonyl (C=O) groups excluding carboxylic acids is 1. The van der Waals surface area contributed by atoms with Gasteiger partial charge in [-0.15, -0.1) is 11.3 Å². The fourth-order valence-electron chi connectivity index (χ4n) is 2.16. The Morgan fingerprint density at radius 2 is 2.25 bits per heavy atom. The van der Waals surface area contributed by atoms with Crippen molar-refractivity contribution >= 4 is 34.0 Å². The number of thiophene rings is 1. The minimum Gasteiger partial charge on any atom is -0.398 e. The van der Waals surface area contributed by atoms with Gasteiger partial charge in [0.25, 0.3) is 0 Å². The number of benzene rings is 1. The molecule has 0 amide bonds. The minimum atomic E-state index is -0.424. The van der Waals surface area contributed by atoms with Crippen molar-refractivity contribution in [2.45, 2.75) is 13.3 Å². The summed E-state index contributed by atoms with van der Waals surface area (Å²) in [5, 5.41) is 1.91. The summed E-state index contributed by atoms with van der Waals surface area (Å²) >= 11 is 1.50. The number of aryl methyl sites for hydroxylation is 1. The molecular weight excluding hydrogens is 274 g/mol. The maximum Gasteiger partial charge on any atom is 0.333 e. The van der Waals surface area contributed by atoms with Gasteiger partial charge in [0.05, 0.1) is 17.5 Å². The largest absolute Gasteiger partial charge is 0.398 e. The van der Waals surface area contributed by atoms with Crippen LogP contribution in [0.1, 0.15) is 15.2 Å². The lowest BCUT2D eigenvalue weighted by atomic mass is 10.2. The van der Waals surface area contributed by atoms with Gasteiger partial charge in [0.1, 0.15) is 0 Å². The van der Waals surface area contributed by atoms with Crippen LogP contribution in [0.2, 0.25) is 0 Å². The highest BCUT2D eigenvalue weighted by atomic mass is 32.1. The van der Waals surface area contributed by atoms with E-state index >= 15 is 0 Å². The van der Waals surface area contributed by atoms with E-state index in [1.165, 1.54) is 15.9 Å². The highest BCUT2D eigenvalue weighted by Gasteiger charge is 2.15. The Bertz CT molecular complexity index is 843. The molecule has 0 fully saturated rings. The van der Waals surface area contributed by atoms with Gasteiger partial charge in [0, 0.05) is 10.6 Å². The summed E-state index contributed by atoms with van der Waals surface area (Å²) < 4.78 is 1.18. The van der Waals surface area contributed by atoms with Crippen molar-refractivity contribution in [2.75, 3.05) is 5.73 Å². The summed E-state index contributed by atoms with van der Waals surface area (Å²) in [6.45, 7) is 1.85. The zero-order valence-corrected chi connectivity index (χ0v) is 11.7. The predicted octanol–water partition coefficient (Wildman–Crippen LogP) is 2.16. The number of fused-ring (bicyclic) bond motifs is 1. The molecule has 3 aromatic rings. The first-order valence-electron chi connectivity index (χ1n) is 6.12. The Labute approximate surface area is 118 Å². The van der Waals surface area contributed by atoms with Crippen LogP contribution in [0.5, 0.6) is 0 Å². The number of nitrogens with two attached hydrogens (primary N) is 1. The predicted molar refractivity (Wildman–Crippen MR) is 80.4 cm³/mol. The molecule has 2 heterocycles. The van der Waals surface area contributed by atoms with Crippen LogP contribution < -0.4 is 11.4 Å². The first-order valence-corrected chi connectivity index (χ1v) is 7.00. The van der Waals surface area contributed by atoms with E-state index in [1.807, 2.05) is 24.4 Å². The van der Waals surface area contributed by atoms with Gasteiger partial charge in [-0.25, -0.2) is 9.36 Å². The fraction of sp³-hybridized carbons (Fsp3) is 0.143. The summed E-state index contributed by atoms with van der Waals surface area (Å²) in [5.41, 5.74) is 7.98. The quantitative estimate of drug-likeness (QED) is 0.709. The Hall–Kier alpha value is -2.34. The number of aromatic amines is 1. The second-order valence-electron chi connectivity index (χ2n) is 4.64. The van der Waals surface area contributed by atoms with Crippen LogP contribution in [0.25, 0.3) is 11.0 Å². The van der Waals surface area contributed by atoms with Crippen molar-refractivity contribution in [3.8, 4) is 0 Å². The van der Waals surface area contributed by atoms with E-state index < -0.39 is 5.69 Å². The standard InChI is InChI=1S/C14H13N3O2S/c1-8-5-12-11(7-10(8)15)16-14(19)17(12)13(18)6-9-3-2-4-20-9/h2-5,7H,6,15H2,1H3,(H,16,19). The number of hydrogen-bond donors (Lipinski definition) is 2. The zero-order chi connectivity index (χ0) is 14.3. The molecule has 0 saturated carbocycles. The number of nitrogens with zero attached hydrogens (tertiary/aromatic N) is 1. The summed E-state index contributed by atoms with van der Waals surface area (Å²) in [6, 6.07) is 7.21. The van der Waals surface area contributed by atoms with Gasteiger partial charge in [0.2, 0.25) is 5.91 Å². The van der Waals surface area contributed by atoms with Crippen LogP contribution in [-0.4, -0.2) is 15.5 Å². The van der Waals surface area contributed by atoms with Crippen LogP contribution >= 0.6 is 11.3 Å². The molecule has 20 heavy (non-hydrogen) atoms. The van der Waals surface area contributed by atoms with E-state index in [4.69, 9.17) is 5.73 Å². The van der Waals surface area contributed by atoms with E-state index in [9.17, 15) is 9.59 Å². The van der Waals surface area contributed by atoms with Gasteiger partial charge in [-0.2, -0.15) is 0 Å². The third kappa shape index (κ3) is 2.04. The number of nitrogen functional groups attached to an aromatic ring is 1. The topological polar surface area (TPSA) is 80.9 Å². The molecule has 0 radical (unpaired) electrons. The molecule has 2 aromatic heterocycles. The lowest BCUT2D eigenvalue weighted by Crippen LogP contribution is -2.25. The van der Waals surface area contributed by atoms with Crippen molar-refractivity contribution in [1.82, 2.24) is 9.55 Å². The zero-order valence-electron chi connectivity index (χ0n) is 10.8. The van der Waals surface area contributed by atoms with Crippen molar-refractivity contribution in [2.24, 2.45) is 0 Å². The van der Waals surface area contributed by atoms with E-state index in [2.05, 4.69) is 4.98 Å². The number of anilines is 1. The average Bonchev–Trinajstić information content (AvgIpc) is 2.97. The maximum atomic E-state index is 12.3. The first kappa shape index (κ1) is 12.7. The SMILES string of the molecule is Cc1cc2c(cc1N)[nH]c(=O)n2C(=O)Cc1cccs1.